The topological polar surface area (TPSA) is 69.9 Å². The Balaban J connectivity index is 2.29. The first-order valence-electron chi connectivity index (χ1n) is 6.50. The van der Waals surface area contributed by atoms with E-state index in [0.29, 0.717) is 11.1 Å². The van der Waals surface area contributed by atoms with Gasteiger partial charge in [-0.15, -0.1) is 0 Å². The van der Waals surface area contributed by atoms with E-state index in [1.807, 2.05) is 0 Å². The Hall–Kier alpha value is -2.76. The van der Waals surface area contributed by atoms with Gasteiger partial charge in [-0.3, -0.25) is 4.79 Å². The van der Waals surface area contributed by atoms with Crippen LogP contribution in [0.5, 0.6) is 0 Å². The van der Waals surface area contributed by atoms with Crippen molar-refractivity contribution in [2.75, 3.05) is 0 Å². The van der Waals surface area contributed by atoms with E-state index in [0.717, 1.165) is 0 Å². The summed E-state index contributed by atoms with van der Waals surface area (Å²) in [6, 6.07) is 9.82. The van der Waals surface area contributed by atoms with E-state index in [2.05, 4.69) is 5.16 Å². The zero-order valence-corrected chi connectivity index (χ0v) is 11.5. The maximum atomic E-state index is 14.2. The molecule has 114 valence electrons. The smallest absolute Gasteiger partial charge is 0.303 e. The van der Waals surface area contributed by atoms with Crippen molar-refractivity contribution in [2.45, 2.75) is 12.8 Å². The summed E-state index contributed by atoms with van der Waals surface area (Å²) < 4.78 is 27.0. The molecule has 0 aliphatic rings. The summed E-state index contributed by atoms with van der Waals surface area (Å²) in [6.45, 7) is 0. The van der Waals surface area contributed by atoms with Crippen LogP contribution in [0.1, 0.15) is 18.4 Å². The summed E-state index contributed by atoms with van der Waals surface area (Å²) in [4.78, 5) is 10.5. The lowest BCUT2D eigenvalue weighted by molar-refractivity contribution is -0.136. The molecule has 2 aromatic rings. The van der Waals surface area contributed by atoms with Gasteiger partial charge in [-0.05, 0) is 35.4 Å². The van der Waals surface area contributed by atoms with Crippen molar-refractivity contribution in [3.8, 4) is 11.1 Å². The molecule has 2 aromatic carbocycles. The first-order valence-corrected chi connectivity index (χ1v) is 6.50. The molecular formula is C16H13F2NO3. The predicted molar refractivity (Wildman–Crippen MR) is 77.0 cm³/mol. The van der Waals surface area contributed by atoms with Crippen LogP contribution in [0.2, 0.25) is 0 Å². The summed E-state index contributed by atoms with van der Waals surface area (Å²) in [6.07, 6.45) is -0.350. The molecule has 0 radical (unpaired) electrons. The number of aliphatic carboxylic acids is 1. The zero-order valence-electron chi connectivity index (χ0n) is 11.5. The summed E-state index contributed by atoms with van der Waals surface area (Å²) >= 11 is 0. The number of rotatable bonds is 5. The Kier molecular flexibility index (Phi) is 4.83. The maximum absolute atomic E-state index is 14.2. The molecule has 0 fully saturated rings. The van der Waals surface area contributed by atoms with Crippen LogP contribution >= 0.6 is 0 Å². The lowest BCUT2D eigenvalue weighted by Crippen LogP contribution is -2.07. The molecule has 2 N–H and O–H groups in total. The SMILES string of the molecule is O=C(O)CCC(=NO)c1ccc(-c2ccc(F)cc2)cc1F. The van der Waals surface area contributed by atoms with Crippen molar-refractivity contribution in [1.29, 1.82) is 0 Å². The van der Waals surface area contributed by atoms with Gasteiger partial charge in [0.25, 0.3) is 0 Å². The highest BCUT2D eigenvalue weighted by Crippen LogP contribution is 2.23. The average Bonchev–Trinajstić information content (AvgIpc) is 2.49. The van der Waals surface area contributed by atoms with Crippen LogP contribution < -0.4 is 0 Å². The second-order valence-corrected chi connectivity index (χ2v) is 4.64. The van der Waals surface area contributed by atoms with Gasteiger partial charge >= 0.3 is 5.97 Å². The first-order chi connectivity index (χ1) is 10.5. The third-order valence-corrected chi connectivity index (χ3v) is 3.15. The fourth-order valence-electron chi connectivity index (χ4n) is 2.03. The molecule has 0 aliphatic heterocycles. The van der Waals surface area contributed by atoms with Crippen LogP contribution in [-0.4, -0.2) is 22.0 Å². The molecule has 4 nitrogen and oxygen atoms in total. The van der Waals surface area contributed by atoms with E-state index in [4.69, 9.17) is 10.3 Å². The highest BCUT2D eigenvalue weighted by molar-refractivity contribution is 6.01. The van der Waals surface area contributed by atoms with E-state index in [9.17, 15) is 13.6 Å². The van der Waals surface area contributed by atoms with Gasteiger partial charge in [0, 0.05) is 12.0 Å². The van der Waals surface area contributed by atoms with Crippen LogP contribution in [0.4, 0.5) is 8.78 Å². The minimum atomic E-state index is -1.07. The highest BCUT2D eigenvalue weighted by atomic mass is 19.1. The van der Waals surface area contributed by atoms with Crippen molar-refractivity contribution in [1.82, 2.24) is 0 Å². The van der Waals surface area contributed by atoms with Gasteiger partial charge < -0.3 is 10.3 Å². The van der Waals surface area contributed by atoms with Gasteiger partial charge in [0.1, 0.15) is 11.6 Å². The summed E-state index contributed by atoms with van der Waals surface area (Å²) in [5.74, 6) is -2.09. The molecule has 0 aliphatic carbocycles. The summed E-state index contributed by atoms with van der Waals surface area (Å²) in [5, 5.41) is 20.5. The average molecular weight is 305 g/mol. The largest absolute Gasteiger partial charge is 0.481 e. The molecule has 0 amide bonds. The number of benzene rings is 2. The van der Waals surface area contributed by atoms with Gasteiger partial charge in [-0.1, -0.05) is 23.4 Å². The van der Waals surface area contributed by atoms with Crippen molar-refractivity contribution in [2.24, 2.45) is 5.16 Å². The first kappa shape index (κ1) is 15.6. The van der Waals surface area contributed by atoms with E-state index >= 15 is 0 Å². The fourth-order valence-corrected chi connectivity index (χ4v) is 2.03. The van der Waals surface area contributed by atoms with Crippen molar-refractivity contribution >= 4 is 11.7 Å². The Labute approximate surface area is 125 Å². The van der Waals surface area contributed by atoms with Crippen LogP contribution in [0.15, 0.2) is 47.6 Å². The van der Waals surface area contributed by atoms with Crippen molar-refractivity contribution in [3.63, 3.8) is 0 Å². The lowest BCUT2D eigenvalue weighted by Gasteiger charge is -2.08. The normalized spacial score (nSPS) is 11.5. The van der Waals surface area contributed by atoms with Crippen molar-refractivity contribution in [3.05, 3.63) is 59.7 Å². The summed E-state index contributed by atoms with van der Waals surface area (Å²) in [7, 11) is 0. The Morgan fingerprint density at radius 2 is 1.64 bits per heavy atom. The molecule has 0 bridgehead atoms. The second kappa shape index (κ2) is 6.80. The number of carboxylic acids is 1. The highest BCUT2D eigenvalue weighted by Gasteiger charge is 2.13. The lowest BCUT2D eigenvalue weighted by atomic mass is 9.99. The van der Waals surface area contributed by atoms with Gasteiger partial charge in [-0.2, -0.15) is 0 Å². The maximum Gasteiger partial charge on any atom is 0.303 e. The van der Waals surface area contributed by atoms with Gasteiger partial charge in [0.2, 0.25) is 0 Å². The summed E-state index contributed by atoms with van der Waals surface area (Å²) in [5.41, 5.74) is 1.18. The van der Waals surface area contributed by atoms with Crippen molar-refractivity contribution < 1.29 is 23.9 Å². The molecule has 0 atom stereocenters. The molecular weight excluding hydrogens is 292 g/mol. The van der Waals surface area contributed by atoms with E-state index in [1.54, 1.807) is 6.07 Å². The van der Waals surface area contributed by atoms with Gasteiger partial charge in [-0.25, -0.2) is 8.78 Å². The van der Waals surface area contributed by atoms with Crippen LogP contribution in [0.25, 0.3) is 11.1 Å². The third-order valence-electron chi connectivity index (χ3n) is 3.15. The van der Waals surface area contributed by atoms with E-state index in [1.165, 1.54) is 36.4 Å². The number of carboxylic acid groups (broad SMARTS) is 1. The second-order valence-electron chi connectivity index (χ2n) is 4.64. The minimum Gasteiger partial charge on any atom is -0.481 e. The molecule has 0 aromatic heterocycles. The number of hydrogen-bond acceptors (Lipinski definition) is 3. The van der Waals surface area contributed by atoms with E-state index < -0.39 is 11.8 Å². The fraction of sp³-hybridized carbons (Fsp3) is 0.125. The minimum absolute atomic E-state index is 0.0365. The number of carbonyl (C=O) groups is 1. The Morgan fingerprint density at radius 1 is 1.00 bits per heavy atom. The van der Waals surface area contributed by atoms with Gasteiger partial charge in [0.05, 0.1) is 12.1 Å². The van der Waals surface area contributed by atoms with Gasteiger partial charge in [0.15, 0.2) is 0 Å². The quantitative estimate of drug-likeness (QED) is 0.503. The molecule has 0 saturated carbocycles. The monoisotopic (exact) mass is 305 g/mol. The molecule has 6 heteroatoms. The molecule has 0 spiro atoms. The molecule has 0 heterocycles. The molecule has 0 saturated heterocycles. The predicted octanol–water partition coefficient (Wildman–Crippen LogP) is 3.67. The number of oxime groups is 1. The van der Waals surface area contributed by atoms with Crippen LogP contribution in [0, 0.1) is 11.6 Å². The number of hydrogen-bond donors (Lipinski definition) is 2. The third kappa shape index (κ3) is 3.66. The molecule has 0 unspecified atom stereocenters. The zero-order chi connectivity index (χ0) is 16.1. The van der Waals surface area contributed by atoms with Crippen LogP contribution in [0.3, 0.4) is 0 Å². The standard InChI is InChI=1S/C16H13F2NO3/c17-12-4-1-10(2-5-12)11-3-6-13(14(18)9-11)15(19-22)7-8-16(20)21/h1-6,9,22H,7-8H2,(H,20,21). The number of nitrogens with zero attached hydrogens (tertiary/aromatic N) is 1. The number of halogens is 2. The molecule has 22 heavy (non-hydrogen) atoms. The van der Waals surface area contributed by atoms with Crippen LogP contribution in [-0.2, 0) is 4.79 Å². The molecule has 2 rings (SSSR count). The Bertz CT molecular complexity index is 712. The van der Waals surface area contributed by atoms with E-state index in [-0.39, 0.29) is 29.9 Å². The Morgan fingerprint density at radius 3 is 2.18 bits per heavy atom.